The average Bonchev–Trinajstić information content (AvgIpc) is 2.47. The van der Waals surface area contributed by atoms with Crippen LogP contribution >= 0.6 is 15.8 Å². The number of hydrogen-bond donors (Lipinski definition) is 1. The van der Waals surface area contributed by atoms with Crippen molar-refractivity contribution in [2.75, 3.05) is 12.3 Å². The van der Waals surface area contributed by atoms with Crippen molar-refractivity contribution in [3.63, 3.8) is 0 Å². The molecule has 0 aliphatic rings. The van der Waals surface area contributed by atoms with Gasteiger partial charge >= 0.3 is 0 Å². The minimum absolute atomic E-state index is 0. The molecule has 4 heteroatoms. The van der Waals surface area contributed by atoms with Crippen molar-refractivity contribution in [1.82, 2.24) is 0 Å². The Morgan fingerprint density at radius 3 is 1.40 bits per heavy atom. The van der Waals surface area contributed by atoms with Crippen molar-refractivity contribution >= 4 is 15.8 Å². The van der Waals surface area contributed by atoms with Crippen molar-refractivity contribution < 1.29 is 21.6 Å². The fourth-order valence-electron chi connectivity index (χ4n) is 4.69. The molecule has 1 aromatic rings. The second-order valence-corrected chi connectivity index (χ2v) is 20.6. The molecule has 0 bridgehead atoms. The van der Waals surface area contributed by atoms with E-state index in [1.165, 1.54) is 0 Å². The van der Waals surface area contributed by atoms with Gasteiger partial charge in [0.25, 0.3) is 0 Å². The number of benzene rings is 1. The van der Waals surface area contributed by atoms with E-state index in [1.54, 1.807) is 0 Å². The van der Waals surface area contributed by atoms with Crippen LogP contribution in [0.5, 0.6) is 0 Å². The van der Waals surface area contributed by atoms with Gasteiger partial charge in [-0.05, 0) is 57.4 Å². The molecule has 0 aromatic heterocycles. The van der Waals surface area contributed by atoms with Gasteiger partial charge in [-0.2, -0.15) is 0 Å². The normalized spacial score (nSPS) is 15.4. The standard InChI is InChI=1S/C25H46OP2.CH3.Ni/c1-21(2,3)27(22(4,5)6)18-25(26,20-16-14-13-15-17-20)19-28(23(7,8)9)24(10,11)12;;/h13-17,26H,18-19H2,1-12H3;1H3;/q;-1;/p+1. The van der Waals surface area contributed by atoms with Crippen LogP contribution in [0.3, 0.4) is 0 Å². The Balaban J connectivity index is 0. The molecule has 1 rings (SSSR count). The maximum Gasteiger partial charge on any atom is 0.127 e. The van der Waals surface area contributed by atoms with Gasteiger partial charge in [-0.15, -0.1) is 0 Å². The van der Waals surface area contributed by atoms with Gasteiger partial charge in [0.2, 0.25) is 0 Å². The minimum Gasteiger partial charge on any atom is -0.381 e. The molecule has 0 amide bonds. The first-order valence-electron chi connectivity index (χ1n) is 10.7. The molecular weight excluding hydrogens is 449 g/mol. The molecule has 0 saturated heterocycles. The second-order valence-electron chi connectivity index (χ2n) is 12.5. The summed E-state index contributed by atoms with van der Waals surface area (Å²) in [5.41, 5.74) is 0.342. The molecule has 1 atom stereocenters. The van der Waals surface area contributed by atoms with Gasteiger partial charge in [0, 0.05) is 30.6 Å². The zero-order chi connectivity index (χ0) is 22.2. The maximum absolute atomic E-state index is 12.3. The minimum atomic E-state index is -0.854. The molecule has 0 fully saturated rings. The molecule has 30 heavy (non-hydrogen) atoms. The van der Waals surface area contributed by atoms with E-state index in [9.17, 15) is 5.11 Å². The van der Waals surface area contributed by atoms with Crippen LogP contribution in [-0.4, -0.2) is 38.1 Å². The number of hydrogen-bond acceptors (Lipinski definition) is 1. The Kier molecular flexibility index (Phi) is 12.1. The van der Waals surface area contributed by atoms with Crippen LogP contribution < -0.4 is 0 Å². The third-order valence-electron chi connectivity index (χ3n) is 5.63. The van der Waals surface area contributed by atoms with Crippen LogP contribution in [0.2, 0.25) is 0 Å². The molecule has 0 aliphatic heterocycles. The van der Waals surface area contributed by atoms with Crippen LogP contribution in [0, 0.1) is 7.43 Å². The van der Waals surface area contributed by atoms with Gasteiger partial charge in [-0.25, -0.2) is 0 Å². The van der Waals surface area contributed by atoms with Gasteiger partial charge < -0.3 is 12.5 Å². The van der Waals surface area contributed by atoms with E-state index >= 15 is 0 Å². The van der Waals surface area contributed by atoms with Crippen molar-refractivity contribution in [2.24, 2.45) is 0 Å². The van der Waals surface area contributed by atoms with Crippen molar-refractivity contribution in [2.45, 2.75) is 109 Å². The van der Waals surface area contributed by atoms with Gasteiger partial charge in [0.1, 0.15) is 5.60 Å². The molecule has 0 unspecified atom stereocenters. The van der Waals surface area contributed by atoms with E-state index in [0.717, 1.165) is 17.9 Å². The molecule has 180 valence electrons. The van der Waals surface area contributed by atoms with E-state index in [1.807, 2.05) is 0 Å². The predicted octanol–water partition coefficient (Wildman–Crippen LogP) is 8.21. The Morgan fingerprint density at radius 2 is 1.10 bits per heavy atom. The summed E-state index contributed by atoms with van der Waals surface area (Å²) in [6.45, 7) is 28.4. The summed E-state index contributed by atoms with van der Waals surface area (Å²) in [7, 11) is -1.24. The Hall–Kier alpha value is 0.534. The number of rotatable bonds is 5. The molecule has 1 N–H and O–H groups in total. The topological polar surface area (TPSA) is 20.2 Å². The first-order chi connectivity index (χ1) is 12.3. The first kappa shape index (κ1) is 32.7. The van der Waals surface area contributed by atoms with Crippen molar-refractivity contribution in [3.05, 3.63) is 43.3 Å². The molecule has 0 radical (unpaired) electrons. The monoisotopic (exact) mass is 498 g/mol. The first-order valence-corrected chi connectivity index (χ1v) is 13.9. The Morgan fingerprint density at radius 1 is 0.733 bits per heavy atom. The molecular formula is C26H50NiOP2. The van der Waals surface area contributed by atoms with Crippen LogP contribution in [0.15, 0.2) is 30.3 Å². The predicted molar refractivity (Wildman–Crippen MR) is 141 cm³/mol. The van der Waals surface area contributed by atoms with Gasteiger partial charge in [0.05, 0.1) is 16.5 Å². The SMILES string of the molecule is CC(C)(C)P(C[C@](O)(C[PH+](C(C)(C)C)C(C)(C)C)c1ccccc1)C(C)(C)C.[CH3-].[Ni]. The Bertz CT molecular complexity index is 554. The smallest absolute Gasteiger partial charge is 0.127 e. The molecule has 0 aliphatic carbocycles. The molecule has 0 spiro atoms. The van der Waals surface area contributed by atoms with Crippen molar-refractivity contribution in [3.8, 4) is 0 Å². The zero-order valence-electron chi connectivity index (χ0n) is 22.0. The van der Waals surface area contributed by atoms with E-state index < -0.39 is 21.4 Å². The quantitative estimate of drug-likeness (QED) is 0.246. The second kappa shape index (κ2) is 11.1. The number of aliphatic hydroxyl groups is 1. The summed E-state index contributed by atoms with van der Waals surface area (Å²) in [6.07, 6.45) is 1.78. The summed E-state index contributed by atoms with van der Waals surface area (Å²) >= 11 is 0. The summed E-state index contributed by atoms with van der Waals surface area (Å²) in [6, 6.07) is 10.5. The van der Waals surface area contributed by atoms with Crippen LogP contribution in [0.4, 0.5) is 0 Å². The molecule has 1 nitrogen and oxygen atoms in total. The molecule has 1 aromatic carbocycles. The summed E-state index contributed by atoms with van der Waals surface area (Å²) in [5, 5.41) is 13.2. The van der Waals surface area contributed by atoms with Gasteiger partial charge in [-0.1, -0.05) is 79.8 Å². The van der Waals surface area contributed by atoms with Crippen LogP contribution in [0.1, 0.15) is 88.6 Å². The maximum atomic E-state index is 12.3. The van der Waals surface area contributed by atoms with E-state index in [0.29, 0.717) is 0 Å². The third-order valence-corrected chi connectivity index (χ3v) is 14.3. The zero-order valence-corrected chi connectivity index (χ0v) is 24.9. The molecule has 0 saturated carbocycles. The van der Waals surface area contributed by atoms with E-state index in [-0.39, 0.29) is 44.5 Å². The van der Waals surface area contributed by atoms with Gasteiger partial charge in [-0.3, -0.25) is 0 Å². The molecule has 0 heterocycles. The third kappa shape index (κ3) is 9.18. The average molecular weight is 499 g/mol. The Labute approximate surface area is 202 Å². The van der Waals surface area contributed by atoms with E-state index in [2.05, 4.69) is 113 Å². The largest absolute Gasteiger partial charge is 0.381 e. The van der Waals surface area contributed by atoms with E-state index in [4.69, 9.17) is 0 Å². The summed E-state index contributed by atoms with van der Waals surface area (Å²) in [4.78, 5) is 0. The fraction of sp³-hybridized carbons (Fsp3) is 0.731. The summed E-state index contributed by atoms with van der Waals surface area (Å²) in [5.74, 6) is 0. The fourth-order valence-corrected chi connectivity index (χ4v) is 12.9. The van der Waals surface area contributed by atoms with Gasteiger partial charge in [0.15, 0.2) is 0 Å². The van der Waals surface area contributed by atoms with Crippen LogP contribution in [0.25, 0.3) is 0 Å². The summed E-state index contributed by atoms with van der Waals surface area (Å²) < 4.78 is 0. The van der Waals surface area contributed by atoms with Crippen molar-refractivity contribution in [1.29, 1.82) is 0 Å². The van der Waals surface area contributed by atoms with Crippen LogP contribution in [-0.2, 0) is 22.1 Å².